The van der Waals surface area contributed by atoms with Crippen molar-refractivity contribution in [2.45, 2.75) is 18.7 Å². The lowest BCUT2D eigenvalue weighted by atomic mass is 10.1. The SMILES string of the molecule is Cc1cc(C)cc(N(CC(=O)N/N=C\c2ccc(OCC(=O)Nc3cccc(Cl)c3)cc2)S(=O)(=O)c2ccccc2)c1. The van der Waals surface area contributed by atoms with E-state index in [1.54, 1.807) is 78.9 Å². The average molecular weight is 605 g/mol. The molecule has 0 atom stereocenters. The highest BCUT2D eigenvalue weighted by molar-refractivity contribution is 7.92. The fourth-order valence-electron chi connectivity index (χ4n) is 4.04. The summed E-state index contributed by atoms with van der Waals surface area (Å²) >= 11 is 5.93. The van der Waals surface area contributed by atoms with E-state index in [0.29, 0.717) is 27.7 Å². The zero-order valence-electron chi connectivity index (χ0n) is 23.0. The molecule has 42 heavy (non-hydrogen) atoms. The number of anilines is 2. The molecule has 216 valence electrons. The van der Waals surface area contributed by atoms with E-state index in [9.17, 15) is 18.0 Å². The van der Waals surface area contributed by atoms with Gasteiger partial charge in [-0.3, -0.25) is 13.9 Å². The zero-order valence-corrected chi connectivity index (χ0v) is 24.5. The van der Waals surface area contributed by atoms with Crippen LogP contribution < -0.4 is 19.8 Å². The molecule has 0 aliphatic rings. The van der Waals surface area contributed by atoms with Gasteiger partial charge >= 0.3 is 0 Å². The van der Waals surface area contributed by atoms with Crippen molar-refractivity contribution in [3.8, 4) is 5.75 Å². The first-order chi connectivity index (χ1) is 20.1. The van der Waals surface area contributed by atoms with E-state index in [0.717, 1.165) is 15.4 Å². The Labute approximate surface area is 249 Å². The molecule has 0 saturated carbocycles. The number of nitrogens with zero attached hydrogens (tertiary/aromatic N) is 2. The van der Waals surface area contributed by atoms with Gasteiger partial charge in [0.1, 0.15) is 12.3 Å². The summed E-state index contributed by atoms with van der Waals surface area (Å²) in [4.78, 5) is 25.0. The van der Waals surface area contributed by atoms with Gasteiger partial charge in [-0.1, -0.05) is 41.9 Å². The van der Waals surface area contributed by atoms with Crippen LogP contribution in [0.2, 0.25) is 5.02 Å². The number of hydrogen-bond acceptors (Lipinski definition) is 6. The van der Waals surface area contributed by atoms with Crippen LogP contribution >= 0.6 is 11.6 Å². The summed E-state index contributed by atoms with van der Waals surface area (Å²) < 4.78 is 33.6. The molecule has 4 aromatic rings. The van der Waals surface area contributed by atoms with Crippen LogP contribution in [0.25, 0.3) is 0 Å². The molecule has 0 radical (unpaired) electrons. The highest BCUT2D eigenvalue weighted by atomic mass is 35.5. The maximum Gasteiger partial charge on any atom is 0.264 e. The molecule has 11 heteroatoms. The second-order valence-corrected chi connectivity index (χ2v) is 11.7. The molecule has 0 unspecified atom stereocenters. The number of hydrogen-bond donors (Lipinski definition) is 2. The molecule has 0 aromatic heterocycles. The normalized spacial score (nSPS) is 11.2. The van der Waals surface area contributed by atoms with E-state index in [1.807, 2.05) is 19.9 Å². The van der Waals surface area contributed by atoms with Gasteiger partial charge in [-0.2, -0.15) is 5.10 Å². The number of sulfonamides is 1. The van der Waals surface area contributed by atoms with Crippen molar-refractivity contribution >= 4 is 51.0 Å². The van der Waals surface area contributed by atoms with Crippen LogP contribution in [0.4, 0.5) is 11.4 Å². The molecule has 0 heterocycles. The Hall–Kier alpha value is -4.67. The van der Waals surface area contributed by atoms with E-state index in [1.165, 1.54) is 18.3 Å². The molecule has 0 fully saturated rings. The minimum Gasteiger partial charge on any atom is -0.484 e. The summed E-state index contributed by atoms with van der Waals surface area (Å²) in [6.07, 6.45) is 1.42. The van der Waals surface area contributed by atoms with Gasteiger partial charge < -0.3 is 10.1 Å². The fraction of sp³-hybridized carbons (Fsp3) is 0.129. The number of amides is 2. The lowest BCUT2D eigenvalue weighted by molar-refractivity contribution is -0.119. The topological polar surface area (TPSA) is 117 Å². The quantitative estimate of drug-likeness (QED) is 0.177. The maximum absolute atomic E-state index is 13.5. The summed E-state index contributed by atoms with van der Waals surface area (Å²) in [5.41, 5.74) is 5.73. The van der Waals surface area contributed by atoms with Crippen molar-refractivity contribution in [3.63, 3.8) is 0 Å². The average Bonchev–Trinajstić information content (AvgIpc) is 2.95. The van der Waals surface area contributed by atoms with Gasteiger partial charge in [-0.15, -0.1) is 0 Å². The number of benzene rings is 4. The van der Waals surface area contributed by atoms with Crippen molar-refractivity contribution < 1.29 is 22.7 Å². The second kappa shape index (κ2) is 13.8. The van der Waals surface area contributed by atoms with Crippen LogP contribution in [0.3, 0.4) is 0 Å². The van der Waals surface area contributed by atoms with Gasteiger partial charge in [0, 0.05) is 10.7 Å². The van der Waals surface area contributed by atoms with Gasteiger partial charge in [0.15, 0.2) is 6.61 Å². The number of hydrazone groups is 1. The minimum atomic E-state index is -4.02. The summed E-state index contributed by atoms with van der Waals surface area (Å²) in [6, 6.07) is 26.8. The third-order valence-electron chi connectivity index (χ3n) is 5.87. The molecule has 0 saturated heterocycles. The largest absolute Gasteiger partial charge is 0.484 e. The lowest BCUT2D eigenvalue weighted by Crippen LogP contribution is -2.39. The van der Waals surface area contributed by atoms with Crippen molar-refractivity contribution in [2.75, 3.05) is 22.8 Å². The van der Waals surface area contributed by atoms with E-state index in [-0.39, 0.29) is 17.4 Å². The first-order valence-corrected chi connectivity index (χ1v) is 14.7. The number of carbonyl (C=O) groups is 2. The zero-order chi connectivity index (χ0) is 30.1. The molecule has 0 bridgehead atoms. The minimum absolute atomic E-state index is 0.0738. The molecular weight excluding hydrogens is 576 g/mol. The van der Waals surface area contributed by atoms with Gasteiger partial charge in [0.05, 0.1) is 16.8 Å². The highest BCUT2D eigenvalue weighted by Crippen LogP contribution is 2.25. The molecule has 0 aliphatic heterocycles. The number of halogens is 1. The maximum atomic E-state index is 13.5. The Morgan fingerprint density at radius 2 is 1.57 bits per heavy atom. The standard InChI is InChI=1S/C31H29ClN4O5S/c1-22-15-23(2)17-27(16-22)36(42(39,40)29-9-4-3-5-10-29)20-30(37)35-33-19-24-11-13-28(14-12-24)41-21-31(38)34-26-8-6-7-25(32)18-26/h3-19H,20-21H2,1-2H3,(H,34,38)(H,35,37)/b33-19-. The van der Waals surface area contributed by atoms with Gasteiger partial charge in [-0.05, 0) is 97.3 Å². The number of aryl methyl sites for hydroxylation is 2. The number of carbonyl (C=O) groups excluding carboxylic acids is 2. The Bertz CT molecular complexity index is 1670. The number of nitrogens with one attached hydrogen (secondary N) is 2. The Morgan fingerprint density at radius 3 is 2.24 bits per heavy atom. The summed E-state index contributed by atoms with van der Waals surface area (Å²) in [7, 11) is -4.02. The van der Waals surface area contributed by atoms with Gasteiger partial charge in [0.25, 0.3) is 21.8 Å². The number of ether oxygens (including phenoxy) is 1. The lowest BCUT2D eigenvalue weighted by Gasteiger charge is -2.24. The Morgan fingerprint density at radius 1 is 0.881 bits per heavy atom. The van der Waals surface area contributed by atoms with Crippen LogP contribution in [-0.2, 0) is 19.6 Å². The van der Waals surface area contributed by atoms with E-state index in [2.05, 4.69) is 15.8 Å². The molecule has 0 aliphatic carbocycles. The third kappa shape index (κ3) is 8.42. The third-order valence-corrected chi connectivity index (χ3v) is 7.90. The smallest absolute Gasteiger partial charge is 0.264 e. The van der Waals surface area contributed by atoms with Crippen LogP contribution in [-0.4, -0.2) is 39.6 Å². The Balaban J connectivity index is 1.36. The summed E-state index contributed by atoms with van der Waals surface area (Å²) in [5, 5.41) is 7.19. The Kier molecular flexibility index (Phi) is 9.95. The van der Waals surface area contributed by atoms with Crippen LogP contribution in [0, 0.1) is 13.8 Å². The fourth-order valence-corrected chi connectivity index (χ4v) is 5.65. The predicted octanol–water partition coefficient (Wildman–Crippen LogP) is 5.32. The monoisotopic (exact) mass is 604 g/mol. The molecule has 4 aromatic carbocycles. The van der Waals surface area contributed by atoms with E-state index in [4.69, 9.17) is 16.3 Å². The summed E-state index contributed by atoms with van der Waals surface area (Å²) in [6.45, 7) is 3.06. The molecule has 4 rings (SSSR count). The summed E-state index contributed by atoms with van der Waals surface area (Å²) in [5.74, 6) is -0.488. The molecule has 0 spiro atoms. The van der Waals surface area contributed by atoms with Gasteiger partial charge in [-0.25, -0.2) is 13.8 Å². The van der Waals surface area contributed by atoms with Crippen LogP contribution in [0.15, 0.2) is 107 Å². The number of rotatable bonds is 11. The van der Waals surface area contributed by atoms with E-state index >= 15 is 0 Å². The molecule has 9 nitrogen and oxygen atoms in total. The van der Waals surface area contributed by atoms with Crippen molar-refractivity contribution in [1.29, 1.82) is 0 Å². The second-order valence-electron chi connectivity index (χ2n) is 9.38. The first kappa shape index (κ1) is 30.3. The van der Waals surface area contributed by atoms with E-state index < -0.39 is 22.5 Å². The van der Waals surface area contributed by atoms with Crippen molar-refractivity contribution in [3.05, 3.63) is 119 Å². The molecule has 2 N–H and O–H groups in total. The van der Waals surface area contributed by atoms with Crippen LogP contribution in [0.1, 0.15) is 16.7 Å². The molecule has 2 amide bonds. The van der Waals surface area contributed by atoms with Crippen LogP contribution in [0.5, 0.6) is 5.75 Å². The highest BCUT2D eigenvalue weighted by Gasteiger charge is 2.27. The first-order valence-electron chi connectivity index (χ1n) is 12.9. The van der Waals surface area contributed by atoms with Crippen molar-refractivity contribution in [1.82, 2.24) is 5.43 Å². The van der Waals surface area contributed by atoms with Crippen molar-refractivity contribution in [2.24, 2.45) is 5.10 Å². The predicted molar refractivity (Wildman–Crippen MR) is 165 cm³/mol. The van der Waals surface area contributed by atoms with Gasteiger partial charge in [0.2, 0.25) is 0 Å². The molecular formula is C31H29ClN4O5S.